The van der Waals surface area contributed by atoms with Crippen LogP contribution in [0.5, 0.6) is 0 Å². The zero-order valence-corrected chi connectivity index (χ0v) is 16.3. The summed E-state index contributed by atoms with van der Waals surface area (Å²) in [6, 6.07) is 9.58. The fraction of sp³-hybridized carbons (Fsp3) is 0.375. The molecule has 0 bridgehead atoms. The molecule has 1 amide bonds. The predicted molar refractivity (Wildman–Crippen MR) is 102 cm³/mol. The van der Waals surface area contributed by atoms with Gasteiger partial charge in [0.25, 0.3) is 0 Å². The van der Waals surface area contributed by atoms with E-state index in [0.29, 0.717) is 16.7 Å². The second-order valence-corrected chi connectivity index (χ2v) is 7.99. The largest absolute Gasteiger partial charge is 0.300 e. The van der Waals surface area contributed by atoms with Crippen LogP contribution in [0.2, 0.25) is 0 Å². The van der Waals surface area contributed by atoms with E-state index in [1.54, 1.807) is 4.68 Å². The van der Waals surface area contributed by atoms with Crippen LogP contribution < -0.4 is 5.32 Å². The summed E-state index contributed by atoms with van der Waals surface area (Å²) in [6.45, 7) is 6.04. The number of anilines is 1. The van der Waals surface area contributed by atoms with Crippen LogP contribution in [0.15, 0.2) is 35.5 Å². The van der Waals surface area contributed by atoms with Crippen LogP contribution >= 0.6 is 23.1 Å². The normalized spacial score (nSPS) is 12.3. The molecule has 0 aliphatic rings. The van der Waals surface area contributed by atoms with Crippen molar-refractivity contribution in [3.8, 4) is 5.69 Å². The van der Waals surface area contributed by atoms with Gasteiger partial charge in [-0.15, -0.1) is 15.3 Å². The first-order chi connectivity index (χ1) is 12.6. The lowest BCUT2D eigenvalue weighted by Crippen LogP contribution is -2.25. The van der Waals surface area contributed by atoms with Gasteiger partial charge in [0, 0.05) is 5.92 Å². The Balaban J connectivity index is 1.71. The van der Waals surface area contributed by atoms with Gasteiger partial charge < -0.3 is 0 Å². The number of rotatable bonds is 7. The average Bonchev–Trinajstić information content (AvgIpc) is 3.29. The number of nitrogens with one attached hydrogen (secondary N) is 1. The first-order valence-electron chi connectivity index (χ1n) is 8.23. The lowest BCUT2D eigenvalue weighted by molar-refractivity contribution is -0.115. The third-order valence-corrected chi connectivity index (χ3v) is 5.95. The monoisotopic (exact) mass is 389 g/mol. The third kappa shape index (κ3) is 4.25. The maximum atomic E-state index is 12.6. The van der Waals surface area contributed by atoms with E-state index < -0.39 is 0 Å². The van der Waals surface area contributed by atoms with Crippen molar-refractivity contribution in [2.45, 2.75) is 43.5 Å². The topological polar surface area (TPSA) is 98.5 Å². The van der Waals surface area contributed by atoms with Gasteiger partial charge in [0.1, 0.15) is 5.01 Å². The number of carbonyl (C=O) groups excluding carboxylic acids is 1. The quantitative estimate of drug-likeness (QED) is 0.620. The highest BCUT2D eigenvalue weighted by atomic mass is 32.2. The molecular weight excluding hydrogens is 370 g/mol. The molecule has 0 aliphatic carbocycles. The van der Waals surface area contributed by atoms with E-state index in [2.05, 4.69) is 31.0 Å². The van der Waals surface area contributed by atoms with Crippen LogP contribution in [0.1, 0.15) is 38.1 Å². The lowest BCUT2D eigenvalue weighted by Gasteiger charge is -2.12. The van der Waals surface area contributed by atoms with Crippen molar-refractivity contribution < 1.29 is 4.79 Å². The van der Waals surface area contributed by atoms with Gasteiger partial charge in [0.05, 0.1) is 10.9 Å². The fourth-order valence-corrected chi connectivity index (χ4v) is 3.80. The number of nitrogens with zero attached hydrogens (tertiary/aromatic N) is 6. The molecule has 2 heterocycles. The highest BCUT2D eigenvalue weighted by molar-refractivity contribution is 8.00. The van der Waals surface area contributed by atoms with Crippen molar-refractivity contribution >= 4 is 34.1 Å². The van der Waals surface area contributed by atoms with Crippen LogP contribution in [-0.4, -0.2) is 41.6 Å². The molecule has 0 aliphatic heterocycles. The minimum absolute atomic E-state index is 0.133. The van der Waals surface area contributed by atoms with Crippen LogP contribution in [0.4, 0.5) is 5.13 Å². The molecule has 3 rings (SSSR count). The van der Waals surface area contributed by atoms with E-state index in [1.165, 1.54) is 23.1 Å². The Bertz CT molecular complexity index is 862. The van der Waals surface area contributed by atoms with Gasteiger partial charge in [0.15, 0.2) is 0 Å². The molecule has 0 fully saturated rings. The van der Waals surface area contributed by atoms with E-state index in [1.807, 2.05) is 51.1 Å². The summed E-state index contributed by atoms with van der Waals surface area (Å²) in [6.07, 6.45) is 0.633. The summed E-state index contributed by atoms with van der Waals surface area (Å²) < 4.78 is 1.63. The molecule has 0 radical (unpaired) electrons. The smallest absolute Gasteiger partial charge is 0.239 e. The van der Waals surface area contributed by atoms with Gasteiger partial charge in [0.2, 0.25) is 16.2 Å². The molecule has 10 heteroatoms. The van der Waals surface area contributed by atoms with Crippen molar-refractivity contribution in [3.63, 3.8) is 0 Å². The highest BCUT2D eigenvalue weighted by Crippen LogP contribution is 2.27. The molecule has 0 unspecified atom stereocenters. The third-order valence-electron chi connectivity index (χ3n) is 3.52. The molecule has 1 atom stereocenters. The maximum Gasteiger partial charge on any atom is 0.239 e. The number of hydrogen-bond acceptors (Lipinski definition) is 8. The van der Waals surface area contributed by atoms with Crippen molar-refractivity contribution in [1.82, 2.24) is 30.4 Å². The Morgan fingerprint density at radius 2 is 2.00 bits per heavy atom. The Morgan fingerprint density at radius 1 is 1.23 bits per heavy atom. The number of tetrazole rings is 1. The van der Waals surface area contributed by atoms with E-state index in [4.69, 9.17) is 0 Å². The van der Waals surface area contributed by atoms with Gasteiger partial charge in [-0.25, -0.2) is 0 Å². The number of amides is 1. The van der Waals surface area contributed by atoms with Gasteiger partial charge >= 0.3 is 0 Å². The average molecular weight is 390 g/mol. The summed E-state index contributed by atoms with van der Waals surface area (Å²) in [7, 11) is 0. The van der Waals surface area contributed by atoms with Gasteiger partial charge in [-0.1, -0.05) is 62.1 Å². The number of hydrogen-bond donors (Lipinski definition) is 1. The minimum atomic E-state index is -0.338. The van der Waals surface area contributed by atoms with Crippen molar-refractivity contribution in [1.29, 1.82) is 0 Å². The van der Waals surface area contributed by atoms with Crippen LogP contribution in [-0.2, 0) is 4.79 Å². The summed E-state index contributed by atoms with van der Waals surface area (Å²) in [4.78, 5) is 12.6. The molecule has 0 saturated heterocycles. The standard InChI is InChI=1S/C16H19N7OS2/c1-4-12(13(24)17-15-19-18-14(26-15)10(2)3)25-16-20-21-22-23(16)11-8-6-5-7-9-11/h5-10,12H,4H2,1-3H3,(H,17,19,24)/t12-/m1/s1. The Hall–Kier alpha value is -2.33. The highest BCUT2D eigenvalue weighted by Gasteiger charge is 2.23. The van der Waals surface area contributed by atoms with E-state index in [9.17, 15) is 4.79 Å². The van der Waals surface area contributed by atoms with Crippen LogP contribution in [0.3, 0.4) is 0 Å². The first-order valence-corrected chi connectivity index (χ1v) is 9.92. The Morgan fingerprint density at radius 3 is 2.65 bits per heavy atom. The number of aromatic nitrogens is 6. The fourth-order valence-electron chi connectivity index (χ4n) is 2.14. The van der Waals surface area contributed by atoms with E-state index in [-0.39, 0.29) is 17.1 Å². The first kappa shape index (κ1) is 18.5. The molecule has 2 aromatic heterocycles. The summed E-state index contributed by atoms with van der Waals surface area (Å²) in [5.41, 5.74) is 0.848. The summed E-state index contributed by atoms with van der Waals surface area (Å²) in [5.74, 6) is 0.150. The Labute approximate surface area is 159 Å². The molecular formula is C16H19N7OS2. The SMILES string of the molecule is CC[C@@H](Sc1nnnn1-c1ccccc1)C(=O)Nc1nnc(C(C)C)s1. The number of para-hydroxylation sites is 1. The summed E-state index contributed by atoms with van der Waals surface area (Å²) in [5, 5.41) is 24.4. The Kier molecular flexibility index (Phi) is 5.94. The summed E-state index contributed by atoms with van der Waals surface area (Å²) >= 11 is 2.72. The number of carbonyl (C=O) groups is 1. The molecule has 1 aromatic carbocycles. The van der Waals surface area contributed by atoms with E-state index >= 15 is 0 Å². The number of thioether (sulfide) groups is 1. The molecule has 136 valence electrons. The van der Waals surface area contributed by atoms with Crippen molar-refractivity contribution in [2.24, 2.45) is 0 Å². The van der Waals surface area contributed by atoms with Crippen LogP contribution in [0.25, 0.3) is 5.69 Å². The second kappa shape index (κ2) is 8.37. The van der Waals surface area contributed by atoms with Crippen molar-refractivity contribution in [2.75, 3.05) is 5.32 Å². The van der Waals surface area contributed by atoms with Crippen LogP contribution in [0, 0.1) is 0 Å². The van der Waals surface area contributed by atoms with Crippen molar-refractivity contribution in [3.05, 3.63) is 35.3 Å². The molecule has 0 saturated carbocycles. The van der Waals surface area contributed by atoms with Gasteiger partial charge in [-0.3, -0.25) is 10.1 Å². The molecule has 3 aromatic rings. The predicted octanol–water partition coefficient (Wildman–Crippen LogP) is 3.15. The van der Waals surface area contributed by atoms with Gasteiger partial charge in [-0.2, -0.15) is 4.68 Å². The van der Waals surface area contributed by atoms with E-state index in [0.717, 1.165) is 10.7 Å². The zero-order valence-electron chi connectivity index (χ0n) is 14.7. The molecule has 26 heavy (non-hydrogen) atoms. The van der Waals surface area contributed by atoms with Gasteiger partial charge in [-0.05, 0) is 29.0 Å². The lowest BCUT2D eigenvalue weighted by atomic mass is 10.2. The minimum Gasteiger partial charge on any atom is -0.300 e. The zero-order chi connectivity index (χ0) is 18.5. The molecule has 1 N–H and O–H groups in total. The number of benzene rings is 1. The second-order valence-electron chi connectivity index (χ2n) is 5.81. The molecule has 0 spiro atoms. The maximum absolute atomic E-state index is 12.6. The molecule has 8 nitrogen and oxygen atoms in total.